The highest BCUT2D eigenvalue weighted by Crippen LogP contribution is 2.31. The number of rotatable bonds is 5. The van der Waals surface area contributed by atoms with Gasteiger partial charge in [0, 0.05) is 23.6 Å². The minimum atomic E-state index is 0. The van der Waals surface area contributed by atoms with E-state index in [1.54, 1.807) is 0 Å². The molecule has 0 spiro atoms. The zero-order valence-electron chi connectivity index (χ0n) is 15.5. The third kappa shape index (κ3) is 4.13. The molecule has 0 saturated carbocycles. The van der Waals surface area contributed by atoms with Gasteiger partial charge in [0.1, 0.15) is 0 Å². The lowest BCUT2D eigenvalue weighted by Gasteiger charge is -2.31. The van der Waals surface area contributed by atoms with E-state index >= 15 is 0 Å². The molecule has 1 aliphatic rings. The molecule has 0 unspecified atom stereocenters. The minimum absolute atomic E-state index is 0. The Bertz CT molecular complexity index is 754. The van der Waals surface area contributed by atoms with Gasteiger partial charge < -0.3 is 16.0 Å². The number of benzene rings is 2. The number of anilines is 3. The first-order valence-corrected chi connectivity index (χ1v) is 9.17. The van der Waals surface area contributed by atoms with Crippen molar-refractivity contribution in [2.45, 2.75) is 39.5 Å². The number of para-hydroxylation sites is 1. The summed E-state index contributed by atoms with van der Waals surface area (Å²) in [5, 5.41) is 3.16. The fourth-order valence-corrected chi connectivity index (χ4v) is 3.65. The Morgan fingerprint density at radius 1 is 1.12 bits per heavy atom. The topological polar surface area (TPSA) is 58.4 Å². The highest BCUT2D eigenvalue weighted by molar-refractivity contribution is 5.95. The van der Waals surface area contributed by atoms with Gasteiger partial charge in [0.05, 0.1) is 6.54 Å². The molecule has 5 heteroatoms. The first-order valence-electron chi connectivity index (χ1n) is 9.17. The van der Waals surface area contributed by atoms with Crippen LogP contribution in [0.15, 0.2) is 36.4 Å². The molecule has 0 fully saturated rings. The SMILES string of the molecule is CCc1cccc(CC)c1NC(=O)CN1CCCc2c(N)cccc21.Cl. The van der Waals surface area contributed by atoms with Crippen LogP contribution in [-0.2, 0) is 24.1 Å². The van der Waals surface area contributed by atoms with E-state index in [-0.39, 0.29) is 18.3 Å². The van der Waals surface area contributed by atoms with Crippen LogP contribution in [0.4, 0.5) is 17.1 Å². The van der Waals surface area contributed by atoms with E-state index in [1.165, 1.54) is 16.7 Å². The second-order valence-corrected chi connectivity index (χ2v) is 6.58. The molecular weight excluding hydrogens is 346 g/mol. The molecule has 1 heterocycles. The van der Waals surface area contributed by atoms with Crippen LogP contribution < -0.4 is 16.0 Å². The number of nitrogen functional groups attached to an aromatic ring is 1. The maximum Gasteiger partial charge on any atom is 0.243 e. The lowest BCUT2D eigenvalue weighted by atomic mass is 10.00. The van der Waals surface area contributed by atoms with Crippen LogP contribution in [0.2, 0.25) is 0 Å². The van der Waals surface area contributed by atoms with Crippen LogP contribution in [0.25, 0.3) is 0 Å². The Morgan fingerprint density at radius 2 is 1.77 bits per heavy atom. The lowest BCUT2D eigenvalue weighted by molar-refractivity contribution is -0.115. The summed E-state index contributed by atoms with van der Waals surface area (Å²) in [6.45, 7) is 5.49. The van der Waals surface area contributed by atoms with Gasteiger partial charge >= 0.3 is 0 Å². The van der Waals surface area contributed by atoms with E-state index in [9.17, 15) is 4.79 Å². The molecule has 0 radical (unpaired) electrons. The van der Waals surface area contributed by atoms with Crippen molar-refractivity contribution in [2.75, 3.05) is 29.0 Å². The van der Waals surface area contributed by atoms with Crippen LogP contribution in [0, 0.1) is 0 Å². The number of nitrogens with one attached hydrogen (secondary N) is 1. The number of nitrogens with zero attached hydrogens (tertiary/aromatic N) is 1. The maximum absolute atomic E-state index is 12.7. The van der Waals surface area contributed by atoms with E-state index in [2.05, 4.69) is 48.3 Å². The molecule has 1 aliphatic heterocycles. The molecule has 0 atom stereocenters. The van der Waals surface area contributed by atoms with Crippen LogP contribution >= 0.6 is 12.4 Å². The number of aryl methyl sites for hydroxylation is 2. The molecule has 4 nitrogen and oxygen atoms in total. The zero-order valence-corrected chi connectivity index (χ0v) is 16.4. The van der Waals surface area contributed by atoms with E-state index < -0.39 is 0 Å². The fourth-order valence-electron chi connectivity index (χ4n) is 3.65. The quantitative estimate of drug-likeness (QED) is 0.772. The van der Waals surface area contributed by atoms with Gasteiger partial charge in [-0.25, -0.2) is 0 Å². The molecule has 140 valence electrons. The summed E-state index contributed by atoms with van der Waals surface area (Å²) < 4.78 is 0. The summed E-state index contributed by atoms with van der Waals surface area (Å²) in [6, 6.07) is 12.2. The van der Waals surface area contributed by atoms with Crippen molar-refractivity contribution in [1.29, 1.82) is 0 Å². The predicted molar refractivity (Wildman–Crippen MR) is 112 cm³/mol. The normalized spacial score (nSPS) is 12.9. The highest BCUT2D eigenvalue weighted by Gasteiger charge is 2.21. The van der Waals surface area contributed by atoms with Crippen molar-refractivity contribution in [3.05, 3.63) is 53.1 Å². The predicted octanol–water partition coefficient (Wildman–Crippen LogP) is 4.21. The average Bonchev–Trinajstić information content (AvgIpc) is 2.62. The second kappa shape index (κ2) is 8.95. The Labute approximate surface area is 162 Å². The van der Waals surface area contributed by atoms with Crippen molar-refractivity contribution in [1.82, 2.24) is 0 Å². The standard InChI is InChI=1S/C21H27N3O.ClH/c1-3-15-8-5-9-16(4-2)21(15)23-20(25)14-24-13-7-10-17-18(22)11-6-12-19(17)24;/h5-6,8-9,11-12H,3-4,7,10,13-14,22H2,1-2H3,(H,23,25);1H. The van der Waals surface area contributed by atoms with Crippen molar-refractivity contribution >= 4 is 35.4 Å². The Morgan fingerprint density at radius 3 is 2.42 bits per heavy atom. The summed E-state index contributed by atoms with van der Waals surface area (Å²) in [7, 11) is 0. The van der Waals surface area contributed by atoms with E-state index in [0.29, 0.717) is 6.54 Å². The van der Waals surface area contributed by atoms with Gasteiger partial charge in [-0.05, 0) is 54.5 Å². The van der Waals surface area contributed by atoms with Gasteiger partial charge in [0.2, 0.25) is 5.91 Å². The van der Waals surface area contributed by atoms with Crippen molar-refractivity contribution in [3.8, 4) is 0 Å². The molecule has 1 amide bonds. The van der Waals surface area contributed by atoms with Crippen molar-refractivity contribution in [3.63, 3.8) is 0 Å². The van der Waals surface area contributed by atoms with Gasteiger partial charge in [0.25, 0.3) is 0 Å². The molecular formula is C21H28ClN3O. The summed E-state index contributed by atoms with van der Waals surface area (Å²) in [5.74, 6) is 0.0332. The second-order valence-electron chi connectivity index (χ2n) is 6.58. The first kappa shape index (κ1) is 20.1. The molecule has 2 aromatic carbocycles. The molecule has 3 N–H and O–H groups in total. The molecule has 3 rings (SSSR count). The third-order valence-electron chi connectivity index (χ3n) is 4.98. The Hall–Kier alpha value is -2.20. The van der Waals surface area contributed by atoms with Crippen LogP contribution in [-0.4, -0.2) is 19.0 Å². The number of fused-ring (bicyclic) bond motifs is 1. The van der Waals surface area contributed by atoms with Gasteiger partial charge in [0.15, 0.2) is 0 Å². The number of hydrogen-bond acceptors (Lipinski definition) is 3. The number of carbonyl (C=O) groups is 1. The van der Waals surface area contributed by atoms with E-state index in [4.69, 9.17) is 5.73 Å². The monoisotopic (exact) mass is 373 g/mol. The van der Waals surface area contributed by atoms with Crippen LogP contribution in [0.5, 0.6) is 0 Å². The van der Waals surface area contributed by atoms with E-state index in [0.717, 1.165) is 49.3 Å². The molecule has 0 aromatic heterocycles. The molecule has 0 aliphatic carbocycles. The number of hydrogen-bond donors (Lipinski definition) is 2. The Balaban J connectivity index is 0.00000243. The largest absolute Gasteiger partial charge is 0.398 e. The highest BCUT2D eigenvalue weighted by atomic mass is 35.5. The van der Waals surface area contributed by atoms with Crippen LogP contribution in [0.3, 0.4) is 0 Å². The average molecular weight is 374 g/mol. The fraction of sp³-hybridized carbons (Fsp3) is 0.381. The molecule has 2 aromatic rings. The van der Waals surface area contributed by atoms with Crippen molar-refractivity contribution < 1.29 is 4.79 Å². The zero-order chi connectivity index (χ0) is 17.8. The third-order valence-corrected chi connectivity index (χ3v) is 4.98. The summed E-state index contributed by atoms with van der Waals surface area (Å²) in [4.78, 5) is 14.9. The lowest BCUT2D eigenvalue weighted by Crippen LogP contribution is -2.37. The summed E-state index contributed by atoms with van der Waals surface area (Å²) in [5.41, 5.74) is 12.6. The maximum atomic E-state index is 12.7. The minimum Gasteiger partial charge on any atom is -0.398 e. The number of amides is 1. The number of carbonyl (C=O) groups excluding carboxylic acids is 1. The van der Waals surface area contributed by atoms with Gasteiger partial charge in [-0.2, -0.15) is 0 Å². The molecule has 26 heavy (non-hydrogen) atoms. The van der Waals surface area contributed by atoms with Gasteiger partial charge in [-0.3, -0.25) is 4.79 Å². The van der Waals surface area contributed by atoms with Crippen molar-refractivity contribution in [2.24, 2.45) is 0 Å². The smallest absolute Gasteiger partial charge is 0.243 e. The van der Waals surface area contributed by atoms with Gasteiger partial charge in [-0.1, -0.05) is 38.1 Å². The molecule has 0 bridgehead atoms. The van der Waals surface area contributed by atoms with E-state index in [1.807, 2.05) is 12.1 Å². The van der Waals surface area contributed by atoms with Gasteiger partial charge in [-0.15, -0.1) is 12.4 Å². The Kier molecular flexibility index (Phi) is 6.92. The summed E-state index contributed by atoms with van der Waals surface area (Å²) in [6.07, 6.45) is 3.83. The molecule has 0 saturated heterocycles. The number of nitrogens with two attached hydrogens (primary N) is 1. The first-order chi connectivity index (χ1) is 12.1. The number of halogens is 1. The summed E-state index contributed by atoms with van der Waals surface area (Å²) >= 11 is 0. The van der Waals surface area contributed by atoms with Crippen LogP contribution in [0.1, 0.15) is 37.0 Å².